The summed E-state index contributed by atoms with van der Waals surface area (Å²) in [5.41, 5.74) is 10.6. The van der Waals surface area contributed by atoms with E-state index in [4.69, 9.17) is 39.4 Å². The van der Waals surface area contributed by atoms with E-state index < -0.39 is 22.8 Å². The number of benzene rings is 2. The van der Waals surface area contributed by atoms with Crippen LogP contribution in [0.5, 0.6) is 11.5 Å². The number of carbonyl (C=O) groups excluding carboxylic acids is 1. The van der Waals surface area contributed by atoms with E-state index in [0.717, 1.165) is 12.1 Å². The van der Waals surface area contributed by atoms with Gasteiger partial charge in [-0.2, -0.15) is 13.2 Å². The molecule has 0 aliphatic carbocycles. The molecule has 0 unspecified atom stereocenters. The van der Waals surface area contributed by atoms with Crippen molar-refractivity contribution in [3.63, 3.8) is 0 Å². The van der Waals surface area contributed by atoms with Crippen molar-refractivity contribution in [3.8, 4) is 11.5 Å². The third-order valence-electron chi connectivity index (χ3n) is 3.93. The number of nitrogen functional groups attached to an aromatic ring is 2. The fourth-order valence-corrected chi connectivity index (χ4v) is 2.89. The SMILES string of the molecule is Nc1nccc(Oc2ccc(NC(=O)Nc3ccc(Cl)c(C(F)(F)F)c3)c(Cl)c2)c1N. The van der Waals surface area contributed by atoms with E-state index in [1.807, 2.05) is 0 Å². The molecule has 7 nitrogen and oxygen atoms in total. The monoisotopic (exact) mass is 471 g/mol. The molecule has 3 rings (SSSR count). The van der Waals surface area contributed by atoms with Gasteiger partial charge in [-0.15, -0.1) is 0 Å². The summed E-state index contributed by atoms with van der Waals surface area (Å²) in [4.78, 5) is 16.0. The van der Waals surface area contributed by atoms with Gasteiger partial charge in [-0.1, -0.05) is 23.2 Å². The number of rotatable bonds is 4. The van der Waals surface area contributed by atoms with Crippen molar-refractivity contribution < 1.29 is 22.7 Å². The number of aromatic nitrogens is 1. The highest BCUT2D eigenvalue weighted by Gasteiger charge is 2.33. The molecule has 0 aliphatic rings. The first-order chi connectivity index (χ1) is 14.5. The molecule has 0 radical (unpaired) electrons. The topological polar surface area (TPSA) is 115 Å². The zero-order valence-electron chi connectivity index (χ0n) is 15.4. The number of amides is 2. The highest BCUT2D eigenvalue weighted by atomic mass is 35.5. The number of alkyl halides is 3. The van der Waals surface area contributed by atoms with Crippen molar-refractivity contribution in [3.05, 3.63) is 64.3 Å². The lowest BCUT2D eigenvalue weighted by Crippen LogP contribution is -2.20. The van der Waals surface area contributed by atoms with Crippen molar-refractivity contribution in [1.29, 1.82) is 0 Å². The highest BCUT2D eigenvalue weighted by molar-refractivity contribution is 6.34. The van der Waals surface area contributed by atoms with Crippen LogP contribution in [0.4, 0.5) is 40.8 Å². The smallest absolute Gasteiger partial charge is 0.417 e. The summed E-state index contributed by atoms with van der Waals surface area (Å²) in [7, 11) is 0. The molecular formula is C19H14Cl2F3N5O2. The van der Waals surface area contributed by atoms with Gasteiger partial charge in [0, 0.05) is 24.0 Å². The van der Waals surface area contributed by atoms with E-state index in [1.165, 1.54) is 36.5 Å². The molecule has 12 heteroatoms. The summed E-state index contributed by atoms with van der Waals surface area (Å²) in [5, 5.41) is 4.36. The van der Waals surface area contributed by atoms with Crippen molar-refractivity contribution in [2.24, 2.45) is 0 Å². The number of urea groups is 1. The fourth-order valence-electron chi connectivity index (χ4n) is 2.45. The van der Waals surface area contributed by atoms with Crippen LogP contribution in [0.3, 0.4) is 0 Å². The molecule has 0 aliphatic heterocycles. The minimum atomic E-state index is -4.66. The molecule has 2 amide bonds. The van der Waals surface area contributed by atoms with Gasteiger partial charge in [0.05, 0.1) is 21.3 Å². The Hall–Kier alpha value is -3.37. The maximum absolute atomic E-state index is 12.9. The standard InChI is InChI=1S/C19H14Cl2F3N5O2/c20-12-3-1-9(7-11(12)19(22,23)24)28-18(30)29-14-4-2-10(8-13(14)21)31-15-5-6-27-17(26)16(15)25/h1-8H,25H2,(H2,26,27)(H2,28,29,30). The van der Waals surface area contributed by atoms with Gasteiger partial charge in [0.2, 0.25) is 0 Å². The van der Waals surface area contributed by atoms with Crippen LogP contribution in [0, 0.1) is 0 Å². The summed E-state index contributed by atoms with van der Waals surface area (Å²) >= 11 is 11.7. The number of ether oxygens (including phenoxy) is 1. The lowest BCUT2D eigenvalue weighted by Gasteiger charge is -2.14. The molecule has 0 saturated carbocycles. The lowest BCUT2D eigenvalue weighted by atomic mass is 10.2. The van der Waals surface area contributed by atoms with Crippen LogP contribution in [0.1, 0.15) is 5.56 Å². The van der Waals surface area contributed by atoms with Crippen LogP contribution in [0.2, 0.25) is 10.0 Å². The zero-order valence-corrected chi connectivity index (χ0v) is 16.9. The Kier molecular flexibility index (Phi) is 6.32. The summed E-state index contributed by atoms with van der Waals surface area (Å²) < 4.78 is 44.4. The number of hydrogen-bond donors (Lipinski definition) is 4. The van der Waals surface area contributed by atoms with E-state index in [-0.39, 0.29) is 33.7 Å². The number of nitrogens with one attached hydrogen (secondary N) is 2. The average Bonchev–Trinajstić information content (AvgIpc) is 2.68. The number of carbonyl (C=O) groups is 1. The second-order valence-corrected chi connectivity index (χ2v) is 6.94. The van der Waals surface area contributed by atoms with Gasteiger partial charge < -0.3 is 26.8 Å². The van der Waals surface area contributed by atoms with Crippen LogP contribution in [0.25, 0.3) is 0 Å². The fraction of sp³-hybridized carbons (Fsp3) is 0.0526. The van der Waals surface area contributed by atoms with E-state index in [2.05, 4.69) is 15.6 Å². The molecular weight excluding hydrogens is 458 g/mol. The second kappa shape index (κ2) is 8.78. The van der Waals surface area contributed by atoms with Crippen LogP contribution < -0.4 is 26.8 Å². The van der Waals surface area contributed by atoms with Gasteiger partial charge in [-0.25, -0.2) is 9.78 Å². The number of nitrogens with two attached hydrogens (primary N) is 2. The molecule has 6 N–H and O–H groups in total. The van der Waals surface area contributed by atoms with Gasteiger partial charge in [0.15, 0.2) is 5.75 Å². The summed E-state index contributed by atoms with van der Waals surface area (Å²) in [5.74, 6) is 0.681. The summed E-state index contributed by atoms with van der Waals surface area (Å²) in [6.07, 6.45) is -3.24. The number of pyridine rings is 1. The van der Waals surface area contributed by atoms with Crippen molar-refractivity contribution >= 4 is 52.1 Å². The van der Waals surface area contributed by atoms with Crippen LogP contribution >= 0.6 is 23.2 Å². The third-order valence-corrected chi connectivity index (χ3v) is 4.57. The van der Waals surface area contributed by atoms with E-state index >= 15 is 0 Å². The molecule has 0 atom stereocenters. The molecule has 2 aromatic carbocycles. The van der Waals surface area contributed by atoms with Crippen LogP contribution in [-0.2, 0) is 6.18 Å². The van der Waals surface area contributed by atoms with E-state index in [0.29, 0.717) is 5.75 Å². The number of hydrogen-bond acceptors (Lipinski definition) is 5. The van der Waals surface area contributed by atoms with Gasteiger partial charge in [-0.3, -0.25) is 0 Å². The van der Waals surface area contributed by atoms with E-state index in [9.17, 15) is 18.0 Å². The Morgan fingerprint density at radius 3 is 2.42 bits per heavy atom. The Labute approximate surface area is 184 Å². The predicted molar refractivity (Wildman–Crippen MR) is 114 cm³/mol. The first-order valence-corrected chi connectivity index (χ1v) is 9.22. The summed E-state index contributed by atoms with van der Waals surface area (Å²) in [6, 6.07) is 8.07. The maximum Gasteiger partial charge on any atom is 0.417 e. The van der Waals surface area contributed by atoms with Gasteiger partial charge in [-0.05, 0) is 30.3 Å². The third kappa shape index (κ3) is 5.41. The largest absolute Gasteiger partial charge is 0.455 e. The number of halogens is 5. The first kappa shape index (κ1) is 22.3. The minimum absolute atomic E-state index is 0.101. The van der Waals surface area contributed by atoms with Crippen molar-refractivity contribution in [1.82, 2.24) is 4.98 Å². The quantitative estimate of drug-likeness (QED) is 0.371. The second-order valence-electron chi connectivity index (χ2n) is 6.12. The average molecular weight is 472 g/mol. The normalized spacial score (nSPS) is 11.1. The predicted octanol–water partition coefficient (Wildman–Crippen LogP) is 6.01. The Bertz CT molecular complexity index is 1140. The molecule has 1 aromatic heterocycles. The van der Waals surface area contributed by atoms with Crippen LogP contribution in [-0.4, -0.2) is 11.0 Å². The van der Waals surface area contributed by atoms with Crippen molar-refractivity contribution in [2.45, 2.75) is 6.18 Å². The van der Waals surface area contributed by atoms with E-state index in [1.54, 1.807) is 0 Å². The molecule has 162 valence electrons. The first-order valence-electron chi connectivity index (χ1n) is 8.46. The number of nitrogens with zero attached hydrogens (tertiary/aromatic N) is 1. The molecule has 0 spiro atoms. The molecule has 0 fully saturated rings. The zero-order chi connectivity index (χ0) is 22.8. The molecule has 31 heavy (non-hydrogen) atoms. The van der Waals surface area contributed by atoms with Crippen molar-refractivity contribution in [2.75, 3.05) is 22.1 Å². The van der Waals surface area contributed by atoms with Gasteiger partial charge in [0.1, 0.15) is 17.3 Å². The lowest BCUT2D eigenvalue weighted by molar-refractivity contribution is -0.137. The molecule has 0 bridgehead atoms. The van der Waals surface area contributed by atoms with Crippen LogP contribution in [0.15, 0.2) is 48.7 Å². The molecule has 1 heterocycles. The number of anilines is 4. The maximum atomic E-state index is 12.9. The summed E-state index contributed by atoms with van der Waals surface area (Å²) in [6.45, 7) is 0. The Morgan fingerprint density at radius 1 is 1.00 bits per heavy atom. The Balaban J connectivity index is 1.70. The van der Waals surface area contributed by atoms with Gasteiger partial charge >= 0.3 is 12.2 Å². The molecule has 0 saturated heterocycles. The molecule has 3 aromatic rings. The Morgan fingerprint density at radius 2 is 1.74 bits per heavy atom. The van der Waals surface area contributed by atoms with Gasteiger partial charge in [0.25, 0.3) is 0 Å². The highest BCUT2D eigenvalue weighted by Crippen LogP contribution is 2.36. The minimum Gasteiger partial charge on any atom is -0.455 e.